The molecule has 1 atom stereocenters. The van der Waals surface area contributed by atoms with Gasteiger partial charge in [-0.2, -0.15) is 0 Å². The van der Waals surface area contributed by atoms with E-state index in [1.165, 1.54) is 5.56 Å². The Morgan fingerprint density at radius 3 is 2.69 bits per heavy atom. The van der Waals surface area contributed by atoms with Crippen molar-refractivity contribution in [2.75, 3.05) is 6.61 Å². The summed E-state index contributed by atoms with van der Waals surface area (Å²) in [7, 11) is 0. The van der Waals surface area contributed by atoms with Crippen molar-refractivity contribution in [3.05, 3.63) is 34.3 Å². The molecule has 0 fully saturated rings. The zero-order chi connectivity index (χ0) is 11.6. The Labute approximate surface area is 105 Å². The zero-order valence-electron chi connectivity index (χ0n) is 9.66. The van der Waals surface area contributed by atoms with E-state index in [0.717, 1.165) is 23.2 Å². The SMILES string of the molecule is CCCC1=NC(C)(c2ccc(Br)cc2)CO1. The fraction of sp³-hybridized carbons (Fsp3) is 0.462. The average molecular weight is 282 g/mol. The lowest BCUT2D eigenvalue weighted by atomic mass is 9.94. The van der Waals surface area contributed by atoms with E-state index in [1.807, 2.05) is 12.1 Å². The highest BCUT2D eigenvalue weighted by atomic mass is 79.9. The fourth-order valence-corrected chi connectivity index (χ4v) is 2.13. The number of hydrogen-bond donors (Lipinski definition) is 0. The van der Waals surface area contributed by atoms with Crippen LogP contribution in [-0.4, -0.2) is 12.5 Å². The van der Waals surface area contributed by atoms with Gasteiger partial charge in [0.2, 0.25) is 0 Å². The van der Waals surface area contributed by atoms with E-state index >= 15 is 0 Å². The van der Waals surface area contributed by atoms with E-state index < -0.39 is 0 Å². The second kappa shape index (κ2) is 4.58. The van der Waals surface area contributed by atoms with Crippen molar-refractivity contribution in [3.8, 4) is 0 Å². The average Bonchev–Trinajstić information content (AvgIpc) is 2.63. The highest BCUT2D eigenvalue weighted by Crippen LogP contribution is 2.31. The first-order valence-electron chi connectivity index (χ1n) is 5.61. The molecule has 0 aliphatic carbocycles. The molecule has 1 aliphatic rings. The number of rotatable bonds is 3. The minimum atomic E-state index is -0.203. The molecule has 16 heavy (non-hydrogen) atoms. The van der Waals surface area contributed by atoms with Gasteiger partial charge in [0, 0.05) is 10.9 Å². The summed E-state index contributed by atoms with van der Waals surface area (Å²) in [6.07, 6.45) is 2.02. The van der Waals surface area contributed by atoms with Crippen LogP contribution in [-0.2, 0) is 10.3 Å². The highest BCUT2D eigenvalue weighted by Gasteiger charge is 2.32. The summed E-state index contributed by atoms with van der Waals surface area (Å²) in [5.41, 5.74) is 1.01. The molecule has 1 aliphatic heterocycles. The highest BCUT2D eigenvalue weighted by molar-refractivity contribution is 9.10. The summed E-state index contributed by atoms with van der Waals surface area (Å²) in [4.78, 5) is 4.69. The van der Waals surface area contributed by atoms with Gasteiger partial charge in [0.15, 0.2) is 5.90 Å². The summed E-state index contributed by atoms with van der Waals surface area (Å²) in [5.74, 6) is 0.896. The number of hydrogen-bond acceptors (Lipinski definition) is 2. The molecule has 3 heteroatoms. The molecule has 1 heterocycles. The Morgan fingerprint density at radius 1 is 1.38 bits per heavy atom. The first-order valence-corrected chi connectivity index (χ1v) is 6.41. The van der Waals surface area contributed by atoms with Crippen molar-refractivity contribution < 1.29 is 4.74 Å². The molecule has 1 unspecified atom stereocenters. The molecule has 2 rings (SSSR count). The van der Waals surface area contributed by atoms with Crippen molar-refractivity contribution in [3.63, 3.8) is 0 Å². The molecule has 0 radical (unpaired) electrons. The maximum Gasteiger partial charge on any atom is 0.184 e. The van der Waals surface area contributed by atoms with Crippen LogP contribution >= 0.6 is 15.9 Å². The van der Waals surface area contributed by atoms with Crippen LogP contribution in [0.15, 0.2) is 33.7 Å². The molecule has 1 aromatic rings. The van der Waals surface area contributed by atoms with Crippen LogP contribution in [0.4, 0.5) is 0 Å². The van der Waals surface area contributed by atoms with Gasteiger partial charge in [-0.15, -0.1) is 0 Å². The maximum atomic E-state index is 5.63. The molecule has 0 amide bonds. The Balaban J connectivity index is 2.23. The first-order chi connectivity index (χ1) is 7.64. The van der Waals surface area contributed by atoms with Crippen molar-refractivity contribution in [2.45, 2.75) is 32.2 Å². The lowest BCUT2D eigenvalue weighted by Gasteiger charge is -2.18. The van der Waals surface area contributed by atoms with E-state index in [0.29, 0.717) is 6.61 Å². The predicted molar refractivity (Wildman–Crippen MR) is 69.8 cm³/mol. The Bertz CT molecular complexity index is 399. The van der Waals surface area contributed by atoms with Gasteiger partial charge in [-0.1, -0.05) is 35.0 Å². The van der Waals surface area contributed by atoms with Crippen molar-refractivity contribution in [1.29, 1.82) is 0 Å². The molecule has 0 N–H and O–H groups in total. The Morgan fingerprint density at radius 2 is 2.06 bits per heavy atom. The summed E-state index contributed by atoms with van der Waals surface area (Å²) in [6, 6.07) is 8.31. The van der Waals surface area contributed by atoms with Gasteiger partial charge in [0.1, 0.15) is 12.1 Å². The monoisotopic (exact) mass is 281 g/mol. The summed E-state index contributed by atoms with van der Waals surface area (Å²) >= 11 is 3.44. The maximum absolute atomic E-state index is 5.63. The van der Waals surface area contributed by atoms with Crippen LogP contribution in [0.25, 0.3) is 0 Å². The normalized spacial score (nSPS) is 24.1. The first kappa shape index (κ1) is 11.6. The predicted octanol–water partition coefficient (Wildman–Crippen LogP) is 3.89. The second-order valence-corrected chi connectivity index (χ2v) is 5.24. The molecular formula is C13H16BrNO. The minimum Gasteiger partial charge on any atom is -0.478 e. The van der Waals surface area contributed by atoms with E-state index in [9.17, 15) is 0 Å². The molecule has 0 bridgehead atoms. The van der Waals surface area contributed by atoms with Gasteiger partial charge in [-0.3, -0.25) is 0 Å². The molecule has 2 nitrogen and oxygen atoms in total. The lowest BCUT2D eigenvalue weighted by Crippen LogP contribution is -2.20. The molecular weight excluding hydrogens is 266 g/mol. The number of benzene rings is 1. The Kier molecular flexibility index (Phi) is 3.33. The van der Waals surface area contributed by atoms with Crippen molar-refractivity contribution in [2.24, 2.45) is 4.99 Å². The quantitative estimate of drug-likeness (QED) is 0.824. The zero-order valence-corrected chi connectivity index (χ0v) is 11.3. The van der Waals surface area contributed by atoms with E-state index in [-0.39, 0.29) is 5.54 Å². The largest absolute Gasteiger partial charge is 0.478 e. The summed E-state index contributed by atoms with van der Waals surface area (Å²) in [6.45, 7) is 4.92. The van der Waals surface area contributed by atoms with Gasteiger partial charge >= 0.3 is 0 Å². The van der Waals surface area contributed by atoms with Crippen molar-refractivity contribution >= 4 is 21.8 Å². The van der Waals surface area contributed by atoms with Crippen molar-refractivity contribution in [1.82, 2.24) is 0 Å². The van der Waals surface area contributed by atoms with Crippen LogP contribution in [0.3, 0.4) is 0 Å². The fourth-order valence-electron chi connectivity index (χ4n) is 1.86. The molecule has 1 aromatic carbocycles. The molecule has 86 valence electrons. The minimum absolute atomic E-state index is 0.203. The van der Waals surface area contributed by atoms with Crippen LogP contribution < -0.4 is 0 Å². The third kappa shape index (κ3) is 2.29. The van der Waals surface area contributed by atoms with Gasteiger partial charge in [0.05, 0.1) is 0 Å². The Hall–Kier alpha value is -0.830. The standard InChI is InChI=1S/C13H16BrNO/c1-3-4-12-15-13(2,9-16-12)10-5-7-11(14)8-6-10/h5-8H,3-4,9H2,1-2H3. The number of ether oxygens (including phenoxy) is 1. The smallest absolute Gasteiger partial charge is 0.184 e. The number of nitrogens with zero attached hydrogens (tertiary/aromatic N) is 1. The van der Waals surface area contributed by atoms with Crippen LogP contribution in [0, 0.1) is 0 Å². The van der Waals surface area contributed by atoms with E-state index in [1.54, 1.807) is 0 Å². The van der Waals surface area contributed by atoms with Gasteiger partial charge in [0.25, 0.3) is 0 Å². The van der Waals surface area contributed by atoms with Crippen LogP contribution in [0.5, 0.6) is 0 Å². The molecule has 0 aromatic heterocycles. The molecule has 0 saturated heterocycles. The van der Waals surface area contributed by atoms with Crippen LogP contribution in [0.1, 0.15) is 32.3 Å². The summed E-state index contributed by atoms with van der Waals surface area (Å²) < 4.78 is 6.73. The van der Waals surface area contributed by atoms with Crippen LogP contribution in [0.2, 0.25) is 0 Å². The lowest BCUT2D eigenvalue weighted by molar-refractivity contribution is 0.264. The molecule has 0 saturated carbocycles. The number of aliphatic imine (C=N–C) groups is 1. The number of halogens is 1. The van der Waals surface area contributed by atoms with Gasteiger partial charge in [-0.05, 0) is 31.0 Å². The third-order valence-electron chi connectivity index (χ3n) is 2.82. The van der Waals surface area contributed by atoms with Gasteiger partial charge < -0.3 is 4.74 Å². The summed E-state index contributed by atoms with van der Waals surface area (Å²) in [5, 5.41) is 0. The topological polar surface area (TPSA) is 21.6 Å². The van der Waals surface area contributed by atoms with E-state index in [2.05, 4.69) is 46.9 Å². The third-order valence-corrected chi connectivity index (χ3v) is 3.35. The molecule has 0 spiro atoms. The van der Waals surface area contributed by atoms with E-state index in [4.69, 9.17) is 4.74 Å². The van der Waals surface area contributed by atoms with Gasteiger partial charge in [-0.25, -0.2) is 4.99 Å². The second-order valence-electron chi connectivity index (χ2n) is 4.32.